The van der Waals surface area contributed by atoms with E-state index in [1.165, 1.54) is 4.90 Å². The number of carbonyl (C=O) groups is 2. The summed E-state index contributed by atoms with van der Waals surface area (Å²) in [6.45, 7) is 0.670. The van der Waals surface area contributed by atoms with Gasteiger partial charge in [-0.1, -0.05) is 66.2 Å². The van der Waals surface area contributed by atoms with Gasteiger partial charge in [0.2, 0.25) is 0 Å². The van der Waals surface area contributed by atoms with Crippen LogP contribution in [0, 0.1) is 0 Å². The number of imide groups is 1. The van der Waals surface area contributed by atoms with E-state index in [0.29, 0.717) is 28.0 Å². The monoisotopic (exact) mass is 671 g/mol. The van der Waals surface area contributed by atoms with Crippen LogP contribution in [0.4, 0.5) is 4.79 Å². The van der Waals surface area contributed by atoms with Crippen molar-refractivity contribution in [1.82, 2.24) is 4.90 Å². The number of benzene rings is 4. The van der Waals surface area contributed by atoms with Crippen molar-refractivity contribution in [3.63, 3.8) is 0 Å². The molecule has 9 heteroatoms. The molecule has 38 heavy (non-hydrogen) atoms. The van der Waals surface area contributed by atoms with Crippen LogP contribution in [-0.2, 0) is 11.4 Å². The SMILES string of the molecule is O=C1S/C(=C\c2cc(Br)c(OCc3cccc4ccccc34)c(Br)c2)C(=O)N1CCOc1ccccc1Cl. The molecule has 1 aliphatic heterocycles. The lowest BCUT2D eigenvalue weighted by atomic mass is 10.1. The number of thioether (sulfide) groups is 1. The molecular weight excluding hydrogens is 654 g/mol. The van der Waals surface area contributed by atoms with Gasteiger partial charge in [0.15, 0.2) is 0 Å². The molecular formula is C29H20Br2ClNO4S. The minimum Gasteiger partial charge on any atom is -0.490 e. The van der Waals surface area contributed by atoms with E-state index in [2.05, 4.69) is 50.1 Å². The molecule has 0 unspecified atom stereocenters. The van der Waals surface area contributed by atoms with E-state index in [1.54, 1.807) is 30.3 Å². The molecule has 1 saturated heterocycles. The van der Waals surface area contributed by atoms with Crippen molar-refractivity contribution >= 4 is 83.2 Å². The zero-order valence-corrected chi connectivity index (χ0v) is 24.6. The molecule has 0 saturated carbocycles. The second-order valence-corrected chi connectivity index (χ2v) is 11.5. The summed E-state index contributed by atoms with van der Waals surface area (Å²) >= 11 is 14.2. The summed E-state index contributed by atoms with van der Waals surface area (Å²) < 4.78 is 13.3. The van der Waals surface area contributed by atoms with E-state index in [1.807, 2.05) is 36.4 Å². The molecule has 4 aromatic carbocycles. The molecule has 0 radical (unpaired) electrons. The maximum atomic E-state index is 12.9. The van der Waals surface area contributed by atoms with Crippen LogP contribution in [0.2, 0.25) is 5.02 Å². The molecule has 0 aromatic heterocycles. The van der Waals surface area contributed by atoms with E-state index in [4.69, 9.17) is 21.1 Å². The maximum absolute atomic E-state index is 12.9. The van der Waals surface area contributed by atoms with Gasteiger partial charge in [-0.25, -0.2) is 0 Å². The van der Waals surface area contributed by atoms with E-state index < -0.39 is 0 Å². The summed E-state index contributed by atoms with van der Waals surface area (Å²) in [6, 6.07) is 25.1. The number of amides is 2. The van der Waals surface area contributed by atoms with Crippen LogP contribution in [0.1, 0.15) is 11.1 Å². The molecule has 4 aromatic rings. The van der Waals surface area contributed by atoms with Gasteiger partial charge in [-0.2, -0.15) is 0 Å². The highest BCUT2D eigenvalue weighted by Crippen LogP contribution is 2.38. The molecule has 0 bridgehead atoms. The number of nitrogens with zero attached hydrogens (tertiary/aromatic N) is 1. The molecule has 5 rings (SSSR count). The van der Waals surface area contributed by atoms with Gasteiger partial charge in [-0.15, -0.1) is 0 Å². The third kappa shape index (κ3) is 5.94. The lowest BCUT2D eigenvalue weighted by molar-refractivity contribution is -0.123. The molecule has 1 heterocycles. The lowest BCUT2D eigenvalue weighted by Gasteiger charge is -2.14. The maximum Gasteiger partial charge on any atom is 0.293 e. The summed E-state index contributed by atoms with van der Waals surface area (Å²) in [4.78, 5) is 26.9. The number of halogens is 3. The van der Waals surface area contributed by atoms with Crippen LogP contribution in [0.15, 0.2) is 92.7 Å². The zero-order valence-electron chi connectivity index (χ0n) is 19.8. The van der Waals surface area contributed by atoms with Gasteiger partial charge in [-0.3, -0.25) is 14.5 Å². The third-order valence-electron chi connectivity index (χ3n) is 5.85. The normalized spacial score (nSPS) is 14.5. The number of hydrogen-bond acceptors (Lipinski definition) is 5. The van der Waals surface area contributed by atoms with Gasteiger partial charge in [0, 0.05) is 0 Å². The summed E-state index contributed by atoms with van der Waals surface area (Å²) in [5.41, 5.74) is 1.83. The minimum absolute atomic E-state index is 0.127. The fraction of sp³-hybridized carbons (Fsp3) is 0.103. The third-order valence-corrected chi connectivity index (χ3v) is 8.25. The highest BCUT2D eigenvalue weighted by Gasteiger charge is 2.35. The van der Waals surface area contributed by atoms with Crippen molar-refractivity contribution in [3.05, 3.63) is 109 Å². The number of hydrogen-bond donors (Lipinski definition) is 0. The van der Waals surface area contributed by atoms with Crippen molar-refractivity contribution in [2.45, 2.75) is 6.61 Å². The molecule has 0 aliphatic carbocycles. The molecule has 192 valence electrons. The molecule has 2 amide bonds. The van der Waals surface area contributed by atoms with Crippen LogP contribution >= 0.6 is 55.2 Å². The molecule has 0 atom stereocenters. The van der Waals surface area contributed by atoms with Crippen molar-refractivity contribution in [3.8, 4) is 11.5 Å². The van der Waals surface area contributed by atoms with Crippen LogP contribution in [-0.4, -0.2) is 29.2 Å². The smallest absolute Gasteiger partial charge is 0.293 e. The minimum atomic E-state index is -0.355. The Morgan fingerprint density at radius 1 is 0.895 bits per heavy atom. The van der Waals surface area contributed by atoms with E-state index in [-0.39, 0.29) is 24.3 Å². The number of para-hydroxylation sites is 1. The topological polar surface area (TPSA) is 55.8 Å². The lowest BCUT2D eigenvalue weighted by Crippen LogP contribution is -2.32. The fourth-order valence-corrected chi connectivity index (χ4v) is 6.53. The van der Waals surface area contributed by atoms with Crippen LogP contribution in [0.3, 0.4) is 0 Å². The Morgan fingerprint density at radius 2 is 1.61 bits per heavy atom. The van der Waals surface area contributed by atoms with Crippen molar-refractivity contribution in [1.29, 1.82) is 0 Å². The Bertz CT molecular complexity index is 1550. The first-order valence-electron chi connectivity index (χ1n) is 11.6. The Balaban J connectivity index is 1.26. The average molecular weight is 674 g/mol. The number of fused-ring (bicyclic) bond motifs is 1. The van der Waals surface area contributed by atoms with Crippen molar-refractivity contribution in [2.75, 3.05) is 13.2 Å². The molecule has 0 spiro atoms. The number of carbonyl (C=O) groups excluding carboxylic acids is 2. The Hall–Kier alpha value is -2.78. The number of ether oxygens (including phenoxy) is 2. The molecule has 0 N–H and O–H groups in total. The summed E-state index contributed by atoms with van der Waals surface area (Å²) in [7, 11) is 0. The first kappa shape index (κ1) is 26.8. The first-order valence-corrected chi connectivity index (χ1v) is 14.4. The Morgan fingerprint density at radius 3 is 2.39 bits per heavy atom. The summed E-state index contributed by atoms with van der Waals surface area (Å²) in [5.74, 6) is 0.806. The predicted molar refractivity (Wildman–Crippen MR) is 160 cm³/mol. The number of rotatable bonds is 8. The highest BCUT2D eigenvalue weighted by atomic mass is 79.9. The summed E-state index contributed by atoms with van der Waals surface area (Å²) in [6.07, 6.45) is 1.70. The average Bonchev–Trinajstić information content (AvgIpc) is 3.16. The highest BCUT2D eigenvalue weighted by molar-refractivity contribution is 9.11. The van der Waals surface area contributed by atoms with Crippen LogP contribution in [0.25, 0.3) is 16.8 Å². The van der Waals surface area contributed by atoms with Gasteiger partial charge in [0.25, 0.3) is 11.1 Å². The Labute approximate surface area is 246 Å². The first-order chi connectivity index (χ1) is 18.4. The van der Waals surface area contributed by atoms with Crippen LogP contribution < -0.4 is 9.47 Å². The Kier molecular flexibility index (Phi) is 8.43. The van der Waals surface area contributed by atoms with E-state index >= 15 is 0 Å². The van der Waals surface area contributed by atoms with E-state index in [0.717, 1.165) is 42.6 Å². The van der Waals surface area contributed by atoms with Gasteiger partial charge in [-0.05, 0) is 95.9 Å². The molecule has 1 aliphatic rings. The quantitative estimate of drug-likeness (QED) is 0.175. The van der Waals surface area contributed by atoms with E-state index in [9.17, 15) is 9.59 Å². The fourth-order valence-electron chi connectivity index (χ4n) is 4.02. The van der Waals surface area contributed by atoms with Crippen molar-refractivity contribution in [2.24, 2.45) is 0 Å². The van der Waals surface area contributed by atoms with Gasteiger partial charge in [0.05, 0.1) is 25.4 Å². The second kappa shape index (κ2) is 11.9. The van der Waals surface area contributed by atoms with Gasteiger partial charge < -0.3 is 9.47 Å². The van der Waals surface area contributed by atoms with Gasteiger partial charge >= 0.3 is 0 Å². The van der Waals surface area contributed by atoms with Crippen molar-refractivity contribution < 1.29 is 19.1 Å². The summed E-state index contributed by atoms with van der Waals surface area (Å²) in [5, 5.41) is 2.44. The second-order valence-electron chi connectivity index (χ2n) is 8.35. The standard InChI is InChI=1S/C29H20Br2ClNO4S/c30-22-14-18(15-23(31)27(22)37-17-20-8-5-7-19-6-1-2-9-21(19)20)16-26-28(34)33(29(35)38-26)12-13-36-25-11-4-3-10-24(25)32/h1-11,14-16H,12-13,17H2/b26-16-. The predicted octanol–water partition coefficient (Wildman–Crippen LogP) is 8.71. The largest absolute Gasteiger partial charge is 0.490 e. The van der Waals surface area contributed by atoms with Gasteiger partial charge in [0.1, 0.15) is 24.7 Å². The van der Waals surface area contributed by atoms with Crippen LogP contribution in [0.5, 0.6) is 11.5 Å². The zero-order chi connectivity index (χ0) is 26.6. The molecule has 5 nitrogen and oxygen atoms in total. The molecule has 1 fully saturated rings.